The molecule has 0 radical (unpaired) electrons. The number of benzene rings is 2. The van der Waals surface area contributed by atoms with Gasteiger partial charge in [0.05, 0.1) is 0 Å². The van der Waals surface area contributed by atoms with Gasteiger partial charge in [-0.1, -0.05) is 55.5 Å². The van der Waals surface area contributed by atoms with E-state index in [2.05, 4.69) is 29.6 Å². The molecule has 2 aromatic carbocycles. The van der Waals surface area contributed by atoms with Gasteiger partial charge in [-0.3, -0.25) is 4.79 Å². The van der Waals surface area contributed by atoms with Gasteiger partial charge in [0.15, 0.2) is 0 Å². The molecular formula is C26H30N2O5S. The molecule has 2 amide bonds. The van der Waals surface area contributed by atoms with Gasteiger partial charge in [-0.15, -0.1) is 0 Å². The summed E-state index contributed by atoms with van der Waals surface area (Å²) in [6.45, 7) is 2.93. The third kappa shape index (κ3) is 5.22. The van der Waals surface area contributed by atoms with Gasteiger partial charge in [0.1, 0.15) is 12.6 Å². The highest BCUT2D eigenvalue weighted by atomic mass is 32.2. The third-order valence-electron chi connectivity index (χ3n) is 6.55. The number of hydrogen-bond donors (Lipinski definition) is 2. The highest BCUT2D eigenvalue weighted by Gasteiger charge is 2.34. The summed E-state index contributed by atoms with van der Waals surface area (Å²) in [6, 6.07) is 15.6. The lowest BCUT2D eigenvalue weighted by Gasteiger charge is -2.34. The molecule has 1 heterocycles. The zero-order valence-corrected chi connectivity index (χ0v) is 20.1. The van der Waals surface area contributed by atoms with E-state index in [1.54, 1.807) is 11.8 Å². The van der Waals surface area contributed by atoms with Crippen molar-refractivity contribution in [3.05, 3.63) is 59.7 Å². The van der Waals surface area contributed by atoms with Crippen LogP contribution >= 0.6 is 11.8 Å². The van der Waals surface area contributed by atoms with E-state index < -0.39 is 18.1 Å². The first-order valence-electron chi connectivity index (χ1n) is 11.7. The molecular weight excluding hydrogens is 452 g/mol. The minimum absolute atomic E-state index is 0.0145. The van der Waals surface area contributed by atoms with Crippen LogP contribution in [0.15, 0.2) is 48.5 Å². The Morgan fingerprint density at radius 3 is 2.41 bits per heavy atom. The topological polar surface area (TPSA) is 95.9 Å². The molecule has 180 valence electrons. The Kier molecular flexibility index (Phi) is 7.77. The highest BCUT2D eigenvalue weighted by Crippen LogP contribution is 2.44. The van der Waals surface area contributed by atoms with Crippen molar-refractivity contribution in [2.75, 3.05) is 31.2 Å². The molecule has 8 heteroatoms. The summed E-state index contributed by atoms with van der Waals surface area (Å²) in [6.07, 6.45) is 0.704. The van der Waals surface area contributed by atoms with Crippen molar-refractivity contribution in [1.82, 2.24) is 10.2 Å². The van der Waals surface area contributed by atoms with E-state index in [0.717, 1.165) is 5.75 Å². The zero-order chi connectivity index (χ0) is 24.1. The molecule has 2 N–H and O–H groups in total. The quantitative estimate of drug-likeness (QED) is 0.553. The number of carbonyl (C=O) groups excluding carboxylic acids is 2. The summed E-state index contributed by atoms with van der Waals surface area (Å²) in [7, 11) is 0. The molecule has 2 atom stereocenters. The SMILES string of the molecule is CC(CCCNC(=O)OCC1c2ccccc2-c2ccccc21)C(=O)N1CCSCC1C(=O)O. The Hall–Kier alpha value is -3.00. The molecule has 0 bridgehead atoms. The van der Waals surface area contributed by atoms with E-state index >= 15 is 0 Å². The molecule has 4 rings (SSSR count). The second kappa shape index (κ2) is 11.0. The second-order valence-electron chi connectivity index (χ2n) is 8.76. The first kappa shape index (κ1) is 24.1. The minimum atomic E-state index is -0.954. The van der Waals surface area contributed by atoms with Gasteiger partial charge in [-0.2, -0.15) is 11.8 Å². The van der Waals surface area contributed by atoms with E-state index in [-0.39, 0.29) is 24.3 Å². The fourth-order valence-electron chi connectivity index (χ4n) is 4.73. The summed E-state index contributed by atoms with van der Waals surface area (Å²) >= 11 is 1.56. The van der Waals surface area contributed by atoms with Crippen molar-refractivity contribution in [3.8, 4) is 11.1 Å². The number of carboxylic acids is 1. The predicted molar refractivity (Wildman–Crippen MR) is 132 cm³/mol. The number of amides is 2. The van der Waals surface area contributed by atoms with E-state index in [1.807, 2.05) is 31.2 Å². The fraction of sp³-hybridized carbons (Fsp3) is 0.423. The van der Waals surface area contributed by atoms with Crippen molar-refractivity contribution in [2.24, 2.45) is 5.92 Å². The molecule has 0 aromatic heterocycles. The standard InChI is InChI=1S/C26H30N2O5S/c1-17(24(29)28-13-14-34-16-23(28)25(30)31)7-6-12-27-26(32)33-15-22-20-10-4-2-8-18(20)19-9-3-5-11-21(19)22/h2-5,8-11,17,22-23H,6-7,12-16H2,1H3,(H,27,32)(H,30,31). The summed E-state index contributed by atoms with van der Waals surface area (Å²) in [5.41, 5.74) is 4.70. The molecule has 1 saturated heterocycles. The van der Waals surface area contributed by atoms with Crippen molar-refractivity contribution >= 4 is 29.7 Å². The fourth-order valence-corrected chi connectivity index (χ4v) is 5.76. The third-order valence-corrected chi connectivity index (χ3v) is 7.57. The van der Waals surface area contributed by atoms with Gasteiger partial charge < -0.3 is 20.1 Å². The van der Waals surface area contributed by atoms with E-state index in [0.29, 0.717) is 31.7 Å². The van der Waals surface area contributed by atoms with E-state index in [1.165, 1.54) is 27.2 Å². The molecule has 1 aliphatic heterocycles. The Labute approximate surface area is 203 Å². The number of fused-ring (bicyclic) bond motifs is 3. The lowest BCUT2D eigenvalue weighted by atomic mass is 9.98. The van der Waals surface area contributed by atoms with Gasteiger partial charge >= 0.3 is 12.1 Å². The van der Waals surface area contributed by atoms with Crippen molar-refractivity contribution < 1.29 is 24.2 Å². The van der Waals surface area contributed by atoms with Crippen LogP contribution in [-0.2, 0) is 14.3 Å². The zero-order valence-electron chi connectivity index (χ0n) is 19.2. The van der Waals surface area contributed by atoms with Gasteiger partial charge in [-0.25, -0.2) is 9.59 Å². The van der Waals surface area contributed by atoms with Crippen LogP contribution in [0.2, 0.25) is 0 Å². The molecule has 0 spiro atoms. The van der Waals surface area contributed by atoms with Gasteiger partial charge in [0, 0.05) is 36.4 Å². The molecule has 7 nitrogen and oxygen atoms in total. The number of rotatable bonds is 8. The molecule has 1 aliphatic carbocycles. The number of thioether (sulfide) groups is 1. The number of nitrogens with one attached hydrogen (secondary N) is 1. The number of alkyl carbamates (subject to hydrolysis) is 1. The van der Waals surface area contributed by atoms with Crippen LogP contribution in [0.5, 0.6) is 0 Å². The van der Waals surface area contributed by atoms with Crippen molar-refractivity contribution in [2.45, 2.75) is 31.7 Å². The molecule has 2 aliphatic rings. The normalized spacial score (nSPS) is 18.0. The summed E-state index contributed by atoms with van der Waals surface area (Å²) in [5, 5.41) is 12.2. The van der Waals surface area contributed by atoms with Crippen LogP contribution in [0.1, 0.15) is 36.8 Å². The monoisotopic (exact) mass is 482 g/mol. The lowest BCUT2D eigenvalue weighted by Crippen LogP contribution is -2.51. The molecule has 0 saturated carbocycles. The predicted octanol–water partition coefficient (Wildman–Crippen LogP) is 3.97. The summed E-state index contributed by atoms with van der Waals surface area (Å²) < 4.78 is 5.54. The molecule has 2 aromatic rings. The van der Waals surface area contributed by atoms with Gasteiger partial charge in [0.25, 0.3) is 0 Å². The van der Waals surface area contributed by atoms with Gasteiger partial charge in [0.2, 0.25) is 5.91 Å². The maximum Gasteiger partial charge on any atom is 0.407 e. The molecule has 2 unspecified atom stereocenters. The van der Waals surface area contributed by atoms with Gasteiger partial charge in [-0.05, 0) is 35.1 Å². The van der Waals surface area contributed by atoms with Crippen molar-refractivity contribution in [3.63, 3.8) is 0 Å². The first-order chi connectivity index (χ1) is 16.5. The van der Waals surface area contributed by atoms with E-state index in [9.17, 15) is 19.5 Å². The number of ether oxygens (including phenoxy) is 1. The largest absolute Gasteiger partial charge is 0.480 e. The second-order valence-corrected chi connectivity index (χ2v) is 9.91. The van der Waals surface area contributed by atoms with Crippen LogP contribution < -0.4 is 5.32 Å². The Bertz CT molecular complexity index is 1010. The first-order valence-corrected chi connectivity index (χ1v) is 12.8. The Morgan fingerprint density at radius 2 is 1.76 bits per heavy atom. The Balaban J connectivity index is 1.22. The lowest BCUT2D eigenvalue weighted by molar-refractivity contribution is -0.150. The number of nitrogens with zero attached hydrogens (tertiary/aromatic N) is 1. The van der Waals surface area contributed by atoms with Crippen LogP contribution in [0.25, 0.3) is 11.1 Å². The maximum atomic E-state index is 12.7. The summed E-state index contributed by atoms with van der Waals surface area (Å²) in [4.78, 5) is 38.0. The number of hydrogen-bond acceptors (Lipinski definition) is 5. The average molecular weight is 483 g/mol. The summed E-state index contributed by atoms with van der Waals surface area (Å²) in [5.74, 6) is -0.184. The number of carboxylic acid groups (broad SMARTS) is 1. The molecule has 1 fully saturated rings. The van der Waals surface area contributed by atoms with Crippen LogP contribution in [0.3, 0.4) is 0 Å². The van der Waals surface area contributed by atoms with Crippen LogP contribution in [0, 0.1) is 5.92 Å². The molecule has 34 heavy (non-hydrogen) atoms. The van der Waals surface area contributed by atoms with E-state index in [4.69, 9.17) is 4.74 Å². The number of carbonyl (C=O) groups is 3. The van der Waals surface area contributed by atoms with Crippen molar-refractivity contribution in [1.29, 1.82) is 0 Å². The number of aliphatic carboxylic acids is 1. The minimum Gasteiger partial charge on any atom is -0.480 e. The average Bonchev–Trinajstić information content (AvgIpc) is 3.18. The van der Waals surface area contributed by atoms with Crippen LogP contribution in [0.4, 0.5) is 4.79 Å². The Morgan fingerprint density at radius 1 is 1.12 bits per heavy atom. The smallest absolute Gasteiger partial charge is 0.407 e. The maximum absolute atomic E-state index is 12.7. The highest BCUT2D eigenvalue weighted by molar-refractivity contribution is 7.99. The van der Waals surface area contributed by atoms with Crippen LogP contribution in [-0.4, -0.2) is 65.2 Å².